The molecule has 0 aliphatic heterocycles. The average molecular weight is 507 g/mol. The maximum absolute atomic E-state index is 12.5. The quantitative estimate of drug-likeness (QED) is 0.156. The van der Waals surface area contributed by atoms with Crippen LogP contribution in [0.4, 0.5) is 0 Å². The average Bonchev–Trinajstić information content (AvgIpc) is 2.75. The fraction of sp³-hybridized carbons (Fsp3) is 0.571. The van der Waals surface area contributed by atoms with Gasteiger partial charge in [0.2, 0.25) is 0 Å². The van der Waals surface area contributed by atoms with Gasteiger partial charge in [-0.05, 0) is 32.6 Å². The zero-order chi connectivity index (χ0) is 25.2. The highest BCUT2D eigenvalue weighted by atomic mass is 32.2. The summed E-state index contributed by atoms with van der Waals surface area (Å²) in [4.78, 5) is 36.0. The molecular weight excluding hydrogens is 476 g/mol. The van der Waals surface area contributed by atoms with Gasteiger partial charge in [-0.25, -0.2) is 21.6 Å². The normalized spacial score (nSPS) is 18.7. The van der Waals surface area contributed by atoms with E-state index in [-0.39, 0.29) is 18.8 Å². The van der Waals surface area contributed by atoms with Gasteiger partial charge in [-0.3, -0.25) is 9.59 Å². The molecule has 0 amide bonds. The van der Waals surface area contributed by atoms with Crippen LogP contribution in [0.25, 0.3) is 0 Å². The third-order valence-corrected chi connectivity index (χ3v) is 7.62. The Labute approximate surface area is 194 Å². The largest absolute Gasteiger partial charge is 0.462 e. The number of sulfone groups is 2. The monoisotopic (exact) mass is 506 g/mol. The highest BCUT2D eigenvalue weighted by Crippen LogP contribution is 2.31. The lowest BCUT2D eigenvalue weighted by Gasteiger charge is -2.27. The van der Waals surface area contributed by atoms with Crippen LogP contribution in [-0.4, -0.2) is 65.6 Å². The summed E-state index contributed by atoms with van der Waals surface area (Å²) in [5, 5.41) is 1.34. The van der Waals surface area contributed by atoms with Gasteiger partial charge in [-0.1, -0.05) is 19.7 Å². The second-order valence-corrected chi connectivity index (χ2v) is 11.7. The molecule has 0 aromatic carbocycles. The minimum Gasteiger partial charge on any atom is -0.462 e. The van der Waals surface area contributed by atoms with Gasteiger partial charge < -0.3 is 14.2 Å². The molecule has 0 aromatic rings. The highest BCUT2D eigenvalue weighted by molar-refractivity contribution is 7.95. The third-order valence-electron chi connectivity index (χ3n) is 4.93. The zero-order valence-electron chi connectivity index (χ0n) is 18.6. The van der Waals surface area contributed by atoms with E-state index in [1.807, 2.05) is 0 Å². The summed E-state index contributed by atoms with van der Waals surface area (Å²) in [6.45, 7) is 11.1. The number of hydrogen-bond acceptors (Lipinski definition) is 10. The summed E-state index contributed by atoms with van der Waals surface area (Å²) >= 11 is 0. The Morgan fingerprint density at radius 2 is 1.27 bits per heavy atom. The van der Waals surface area contributed by atoms with Crippen molar-refractivity contribution in [3.05, 3.63) is 36.1 Å². The van der Waals surface area contributed by atoms with E-state index in [1.54, 1.807) is 0 Å². The first-order valence-corrected chi connectivity index (χ1v) is 13.6. The number of carbonyl (C=O) groups is 3. The molecule has 1 saturated carbocycles. The fourth-order valence-corrected chi connectivity index (χ4v) is 4.94. The van der Waals surface area contributed by atoms with Gasteiger partial charge in [0, 0.05) is 16.4 Å². The van der Waals surface area contributed by atoms with E-state index in [4.69, 9.17) is 14.2 Å². The van der Waals surface area contributed by atoms with Crippen LogP contribution in [0.3, 0.4) is 0 Å². The maximum atomic E-state index is 12.5. The van der Waals surface area contributed by atoms with Crippen LogP contribution in [0.1, 0.15) is 32.6 Å². The Balaban J connectivity index is 2.58. The van der Waals surface area contributed by atoms with Crippen molar-refractivity contribution in [1.82, 2.24) is 0 Å². The molecule has 12 heteroatoms. The molecule has 10 nitrogen and oxygen atoms in total. The second kappa shape index (κ2) is 12.7. The van der Waals surface area contributed by atoms with Gasteiger partial charge in [0.1, 0.15) is 19.3 Å². The van der Waals surface area contributed by atoms with Crippen LogP contribution in [0, 0.1) is 11.8 Å². The summed E-state index contributed by atoms with van der Waals surface area (Å²) in [6.07, 6.45) is -0.153. The molecule has 186 valence electrons. The third kappa shape index (κ3) is 10.3. The molecule has 0 radical (unpaired) electrons. The van der Waals surface area contributed by atoms with E-state index in [0.717, 1.165) is 0 Å². The highest BCUT2D eigenvalue weighted by Gasteiger charge is 2.34. The topological polar surface area (TPSA) is 147 Å². The zero-order valence-corrected chi connectivity index (χ0v) is 20.2. The predicted molar refractivity (Wildman–Crippen MR) is 120 cm³/mol. The molecular formula is C21H30O10S2. The van der Waals surface area contributed by atoms with Crippen molar-refractivity contribution in [2.75, 3.05) is 24.7 Å². The smallest absolute Gasteiger partial charge is 0.333 e. The number of rotatable bonds is 13. The Hall–Kier alpha value is -2.47. The van der Waals surface area contributed by atoms with Crippen LogP contribution >= 0.6 is 0 Å². The molecule has 0 unspecified atom stereocenters. The van der Waals surface area contributed by atoms with E-state index in [1.165, 1.54) is 6.92 Å². The molecule has 0 N–H and O–H groups in total. The van der Waals surface area contributed by atoms with Crippen LogP contribution in [0.2, 0.25) is 0 Å². The van der Waals surface area contributed by atoms with Gasteiger partial charge in [0.15, 0.2) is 19.7 Å². The van der Waals surface area contributed by atoms with E-state index < -0.39 is 67.0 Å². The molecule has 0 heterocycles. The van der Waals surface area contributed by atoms with Crippen LogP contribution in [-0.2, 0) is 48.3 Å². The Kier molecular flexibility index (Phi) is 11.0. The number of ether oxygens (including phenoxy) is 3. The molecule has 0 spiro atoms. The minimum atomic E-state index is -3.83. The minimum absolute atomic E-state index is 0.0955. The predicted octanol–water partition coefficient (Wildman–Crippen LogP) is 1.48. The van der Waals surface area contributed by atoms with E-state index in [2.05, 4.69) is 19.7 Å². The molecule has 33 heavy (non-hydrogen) atoms. The first-order chi connectivity index (χ1) is 15.3. The van der Waals surface area contributed by atoms with Gasteiger partial charge >= 0.3 is 17.9 Å². The molecule has 1 aliphatic rings. The Bertz CT molecular complexity index is 931. The van der Waals surface area contributed by atoms with Gasteiger partial charge in [0.05, 0.1) is 23.3 Å². The second-order valence-electron chi connectivity index (χ2n) is 7.68. The van der Waals surface area contributed by atoms with Crippen LogP contribution in [0.15, 0.2) is 36.1 Å². The van der Waals surface area contributed by atoms with Crippen molar-refractivity contribution in [2.45, 2.75) is 38.7 Å². The van der Waals surface area contributed by atoms with Crippen molar-refractivity contribution in [3.63, 3.8) is 0 Å². The molecule has 0 bridgehead atoms. The summed E-state index contributed by atoms with van der Waals surface area (Å²) < 4.78 is 62.4. The van der Waals surface area contributed by atoms with Gasteiger partial charge in [-0.15, -0.1) is 0 Å². The molecule has 0 saturated heterocycles. The van der Waals surface area contributed by atoms with Gasteiger partial charge in [-0.2, -0.15) is 0 Å². The fourth-order valence-electron chi connectivity index (χ4n) is 3.11. The number of carbonyl (C=O) groups excluding carboxylic acids is 3. The number of esters is 3. The standard InChI is InChI=1S/C21H30O10S2/c1-5-32(25,26)13-18(14-33(27,28)6-2)31-21(24)17-9-7-16(8-10-17)20(23)30-12-11-29-19(22)15(3)4/h5-6,16-18H,1-3,7-14H2,4H3. The molecule has 0 aromatic heterocycles. The summed E-state index contributed by atoms with van der Waals surface area (Å²) in [5.74, 6) is -4.25. The van der Waals surface area contributed by atoms with E-state index in [9.17, 15) is 31.2 Å². The lowest BCUT2D eigenvalue weighted by molar-refractivity contribution is -0.158. The Morgan fingerprint density at radius 1 is 0.848 bits per heavy atom. The van der Waals surface area contributed by atoms with E-state index >= 15 is 0 Å². The maximum Gasteiger partial charge on any atom is 0.333 e. The van der Waals surface area contributed by atoms with Crippen molar-refractivity contribution in [1.29, 1.82) is 0 Å². The summed E-state index contributed by atoms with van der Waals surface area (Å²) in [5.41, 5.74) is 0.234. The molecule has 1 fully saturated rings. The molecule has 1 rings (SSSR count). The van der Waals surface area contributed by atoms with Crippen molar-refractivity contribution in [3.8, 4) is 0 Å². The van der Waals surface area contributed by atoms with Crippen LogP contribution < -0.4 is 0 Å². The SMILES string of the molecule is C=CS(=O)(=O)CC(CS(=O)(=O)C=C)OC(=O)C1CCC(C(=O)OCCOC(=O)C(=C)C)CC1. The van der Waals surface area contributed by atoms with Crippen LogP contribution in [0.5, 0.6) is 0 Å². The van der Waals surface area contributed by atoms with E-state index in [0.29, 0.717) is 36.5 Å². The lowest BCUT2D eigenvalue weighted by atomic mass is 9.82. The first kappa shape index (κ1) is 28.6. The summed E-state index contributed by atoms with van der Waals surface area (Å²) in [6, 6.07) is 0. The van der Waals surface area contributed by atoms with Crippen molar-refractivity contribution < 1.29 is 45.4 Å². The molecule has 0 atom stereocenters. The Morgan fingerprint density at radius 3 is 1.70 bits per heavy atom. The van der Waals surface area contributed by atoms with Crippen molar-refractivity contribution >= 4 is 37.6 Å². The van der Waals surface area contributed by atoms with Crippen molar-refractivity contribution in [2.24, 2.45) is 11.8 Å². The first-order valence-electron chi connectivity index (χ1n) is 10.2. The summed E-state index contributed by atoms with van der Waals surface area (Å²) in [7, 11) is -7.65. The van der Waals surface area contributed by atoms with Gasteiger partial charge in [0.25, 0.3) is 0 Å². The number of hydrogen-bond donors (Lipinski definition) is 0. The lowest BCUT2D eigenvalue weighted by Crippen LogP contribution is -2.36. The molecule has 1 aliphatic carbocycles.